The second-order valence-electron chi connectivity index (χ2n) is 12.4. The fourth-order valence-electron chi connectivity index (χ4n) is 6.89. The molecule has 0 amide bonds. The summed E-state index contributed by atoms with van der Waals surface area (Å²) in [4.78, 5) is 19.1. The van der Waals surface area contributed by atoms with Crippen molar-refractivity contribution in [2.45, 2.75) is 0 Å². The summed E-state index contributed by atoms with van der Waals surface area (Å²) in [6.07, 6.45) is 11.4. The van der Waals surface area contributed by atoms with Crippen LogP contribution in [0.2, 0.25) is 0 Å². The van der Waals surface area contributed by atoms with Gasteiger partial charge < -0.3 is 0 Å². The number of rotatable bonds is 6. The third-order valence-corrected chi connectivity index (χ3v) is 9.36. The van der Waals surface area contributed by atoms with Crippen molar-refractivity contribution in [1.29, 1.82) is 0 Å². The van der Waals surface area contributed by atoms with Crippen molar-refractivity contribution in [3.05, 3.63) is 183 Å². The first kappa shape index (κ1) is 29.4. The third-order valence-electron chi connectivity index (χ3n) is 9.36. The summed E-state index contributed by atoms with van der Waals surface area (Å²) in [6.45, 7) is 0. The van der Waals surface area contributed by atoms with Crippen molar-refractivity contribution in [3.63, 3.8) is 0 Å². The Kier molecular flexibility index (Phi) is 7.45. The van der Waals surface area contributed by atoms with E-state index in [0.717, 1.165) is 88.6 Å². The van der Waals surface area contributed by atoms with Crippen LogP contribution in [-0.2, 0) is 0 Å². The minimum atomic E-state index is 0.913. The lowest BCUT2D eigenvalue weighted by Gasteiger charge is -2.19. The van der Waals surface area contributed by atoms with Crippen LogP contribution in [0.3, 0.4) is 0 Å². The second-order valence-corrected chi connectivity index (χ2v) is 12.4. The first-order chi connectivity index (χ1) is 24.8. The van der Waals surface area contributed by atoms with Crippen LogP contribution in [0.25, 0.3) is 88.6 Å². The Balaban J connectivity index is 1.34. The van der Waals surface area contributed by atoms with E-state index in [2.05, 4.69) is 131 Å². The van der Waals surface area contributed by atoms with Crippen molar-refractivity contribution in [2.24, 2.45) is 0 Å². The smallest absolute Gasteiger partial charge is 0.0714 e. The summed E-state index contributed by atoms with van der Waals surface area (Å²) < 4.78 is 0. The van der Waals surface area contributed by atoms with E-state index in [0.29, 0.717) is 0 Å². The molecule has 4 aromatic heterocycles. The normalized spacial score (nSPS) is 11.2. The summed E-state index contributed by atoms with van der Waals surface area (Å²) in [5.74, 6) is 0. The molecule has 9 rings (SSSR count). The predicted octanol–water partition coefficient (Wildman–Crippen LogP) is 11.6. The van der Waals surface area contributed by atoms with Gasteiger partial charge in [0.15, 0.2) is 0 Å². The Bertz CT molecular complexity index is 2400. The van der Waals surface area contributed by atoms with Gasteiger partial charge in [-0.15, -0.1) is 0 Å². The highest BCUT2D eigenvalue weighted by atomic mass is 14.7. The number of hydrogen-bond donors (Lipinski definition) is 0. The van der Waals surface area contributed by atoms with Gasteiger partial charge in [0, 0.05) is 70.6 Å². The SMILES string of the molecule is c1ccc(-c2ccc(-c3c4ccc(-c5cccnc5)cc4c(-c4ccc(-c5ccccc5)cn4)c4ccc(-c5cccnc5)cc34)nc2)cc1. The van der Waals surface area contributed by atoms with Crippen LogP contribution in [0.1, 0.15) is 0 Å². The molecule has 0 saturated heterocycles. The maximum Gasteiger partial charge on any atom is 0.0714 e. The third kappa shape index (κ3) is 5.39. The topological polar surface area (TPSA) is 51.6 Å². The maximum absolute atomic E-state index is 5.12. The summed E-state index contributed by atoms with van der Waals surface area (Å²) in [5.41, 5.74) is 12.8. The number of hydrogen-bond acceptors (Lipinski definition) is 4. The number of nitrogens with zero attached hydrogens (tertiary/aromatic N) is 4. The molecule has 4 heteroatoms. The largest absolute Gasteiger partial charge is 0.264 e. The van der Waals surface area contributed by atoms with Gasteiger partial charge in [0.05, 0.1) is 11.4 Å². The van der Waals surface area contributed by atoms with Crippen molar-refractivity contribution in [2.75, 3.05) is 0 Å². The van der Waals surface area contributed by atoms with Gasteiger partial charge in [-0.2, -0.15) is 0 Å². The molecule has 50 heavy (non-hydrogen) atoms. The summed E-state index contributed by atoms with van der Waals surface area (Å²) in [7, 11) is 0. The van der Waals surface area contributed by atoms with Gasteiger partial charge in [-0.25, -0.2) is 0 Å². The van der Waals surface area contributed by atoms with Crippen molar-refractivity contribution in [3.8, 4) is 67.0 Å². The van der Waals surface area contributed by atoms with E-state index in [1.807, 2.05) is 61.4 Å². The summed E-state index contributed by atoms with van der Waals surface area (Å²) in [6, 6.07) is 51.0. The Morgan fingerprint density at radius 3 is 1.06 bits per heavy atom. The molecule has 9 aromatic rings. The van der Waals surface area contributed by atoms with Crippen molar-refractivity contribution in [1.82, 2.24) is 19.9 Å². The zero-order valence-corrected chi connectivity index (χ0v) is 27.1. The van der Waals surface area contributed by atoms with Crippen molar-refractivity contribution >= 4 is 21.5 Å². The molecule has 0 radical (unpaired) electrons. The highest BCUT2D eigenvalue weighted by Crippen LogP contribution is 2.45. The Hall–Kier alpha value is -6.78. The standard InChI is InChI=1S/C46H30N4/c1-3-9-31(10-4-1)37-17-21-43(49-29-37)45-39-19-15-34(36-14-8-24-48-28-36)26-42(39)46(44-22-18-38(30-50-44)32-11-5-2-6-12-32)40-20-16-33(25-41(40)45)35-13-7-23-47-27-35/h1-30H. The van der Waals surface area contributed by atoms with Gasteiger partial charge in [-0.1, -0.05) is 109 Å². The van der Waals surface area contributed by atoms with Crippen LogP contribution in [0, 0.1) is 0 Å². The van der Waals surface area contributed by atoms with Crippen LogP contribution in [0.5, 0.6) is 0 Å². The van der Waals surface area contributed by atoms with Gasteiger partial charge in [0.2, 0.25) is 0 Å². The number of fused-ring (bicyclic) bond motifs is 2. The lowest BCUT2D eigenvalue weighted by molar-refractivity contribution is 1.32. The van der Waals surface area contributed by atoms with Gasteiger partial charge in [-0.05, 0) is 80.2 Å². The highest BCUT2D eigenvalue weighted by molar-refractivity contribution is 6.22. The summed E-state index contributed by atoms with van der Waals surface area (Å²) >= 11 is 0. The lowest BCUT2D eigenvalue weighted by atomic mass is 9.86. The molecular weight excluding hydrogens is 609 g/mol. The van der Waals surface area contributed by atoms with E-state index in [1.165, 1.54) is 0 Å². The second kappa shape index (κ2) is 12.7. The molecule has 4 heterocycles. The van der Waals surface area contributed by atoms with E-state index >= 15 is 0 Å². The van der Waals surface area contributed by atoms with E-state index in [-0.39, 0.29) is 0 Å². The van der Waals surface area contributed by atoms with Crippen LogP contribution in [0.15, 0.2) is 183 Å². The number of aromatic nitrogens is 4. The molecule has 0 unspecified atom stereocenters. The molecule has 0 bridgehead atoms. The molecule has 4 nitrogen and oxygen atoms in total. The van der Waals surface area contributed by atoms with Gasteiger partial charge >= 0.3 is 0 Å². The van der Waals surface area contributed by atoms with Crippen LogP contribution in [-0.4, -0.2) is 19.9 Å². The molecule has 0 saturated carbocycles. The molecule has 0 fully saturated rings. The predicted molar refractivity (Wildman–Crippen MR) is 205 cm³/mol. The van der Waals surface area contributed by atoms with Crippen LogP contribution < -0.4 is 0 Å². The van der Waals surface area contributed by atoms with E-state index < -0.39 is 0 Å². The maximum atomic E-state index is 5.12. The minimum Gasteiger partial charge on any atom is -0.264 e. The van der Waals surface area contributed by atoms with Gasteiger partial charge in [-0.3, -0.25) is 19.9 Å². The zero-order valence-electron chi connectivity index (χ0n) is 27.1. The summed E-state index contributed by atoms with van der Waals surface area (Å²) in [5, 5.41) is 4.43. The highest BCUT2D eigenvalue weighted by Gasteiger charge is 2.20. The molecule has 0 aliphatic carbocycles. The van der Waals surface area contributed by atoms with Gasteiger partial charge in [0.25, 0.3) is 0 Å². The van der Waals surface area contributed by atoms with E-state index in [4.69, 9.17) is 9.97 Å². The first-order valence-electron chi connectivity index (χ1n) is 16.7. The first-order valence-corrected chi connectivity index (χ1v) is 16.7. The van der Waals surface area contributed by atoms with E-state index in [1.54, 1.807) is 0 Å². The molecule has 0 aliphatic heterocycles. The Morgan fingerprint density at radius 2 is 0.680 bits per heavy atom. The molecule has 0 atom stereocenters. The fraction of sp³-hybridized carbons (Fsp3) is 0. The molecular formula is C46H30N4. The zero-order chi connectivity index (χ0) is 33.3. The average molecular weight is 639 g/mol. The quantitative estimate of drug-likeness (QED) is 0.170. The number of pyridine rings is 4. The van der Waals surface area contributed by atoms with Crippen LogP contribution in [0.4, 0.5) is 0 Å². The molecule has 0 spiro atoms. The fourth-order valence-corrected chi connectivity index (χ4v) is 6.89. The molecule has 0 N–H and O–H groups in total. The Morgan fingerprint density at radius 1 is 0.280 bits per heavy atom. The minimum absolute atomic E-state index is 0.913. The number of benzene rings is 5. The molecule has 0 aliphatic rings. The van der Waals surface area contributed by atoms with Crippen LogP contribution >= 0.6 is 0 Å². The molecule has 234 valence electrons. The molecule has 5 aromatic carbocycles. The monoisotopic (exact) mass is 638 g/mol. The van der Waals surface area contributed by atoms with Gasteiger partial charge in [0.1, 0.15) is 0 Å². The Labute approximate surface area is 290 Å². The van der Waals surface area contributed by atoms with E-state index in [9.17, 15) is 0 Å². The average Bonchev–Trinajstić information content (AvgIpc) is 3.21. The van der Waals surface area contributed by atoms with Crippen molar-refractivity contribution < 1.29 is 0 Å². The lowest BCUT2D eigenvalue weighted by Crippen LogP contribution is -1.95.